The molecule has 0 radical (unpaired) electrons. The normalized spacial score (nSPS) is 18.4. The molecular formula is C15H14F3N3O2S. The summed E-state index contributed by atoms with van der Waals surface area (Å²) in [5.41, 5.74) is -0.00269. The van der Waals surface area contributed by atoms with E-state index in [9.17, 15) is 18.0 Å². The van der Waals surface area contributed by atoms with Crippen molar-refractivity contribution >= 4 is 22.4 Å². The van der Waals surface area contributed by atoms with Crippen LogP contribution in [-0.4, -0.2) is 36.7 Å². The van der Waals surface area contributed by atoms with E-state index in [2.05, 4.69) is 15.6 Å². The van der Waals surface area contributed by atoms with E-state index in [0.29, 0.717) is 29.5 Å². The number of morpholine rings is 1. The van der Waals surface area contributed by atoms with Gasteiger partial charge in [-0.15, -0.1) is 11.3 Å². The summed E-state index contributed by atoms with van der Waals surface area (Å²) in [6.45, 7) is 1.42. The van der Waals surface area contributed by atoms with Gasteiger partial charge < -0.3 is 15.4 Å². The Labute approximate surface area is 139 Å². The van der Waals surface area contributed by atoms with Crippen LogP contribution >= 0.6 is 11.3 Å². The van der Waals surface area contributed by atoms with E-state index >= 15 is 0 Å². The Kier molecular flexibility index (Phi) is 4.83. The molecule has 0 spiro atoms. The number of ether oxygens (including phenoxy) is 1. The minimum atomic E-state index is -4.41. The summed E-state index contributed by atoms with van der Waals surface area (Å²) in [5.74, 6) is -0.278. The maximum atomic E-state index is 12.8. The third kappa shape index (κ3) is 3.92. The van der Waals surface area contributed by atoms with Gasteiger partial charge in [0, 0.05) is 17.5 Å². The number of anilines is 1. The van der Waals surface area contributed by atoms with E-state index in [1.54, 1.807) is 11.4 Å². The van der Waals surface area contributed by atoms with Crippen LogP contribution in [0.5, 0.6) is 0 Å². The Morgan fingerprint density at radius 2 is 2.25 bits per heavy atom. The molecule has 0 bridgehead atoms. The molecule has 1 atom stereocenters. The van der Waals surface area contributed by atoms with Crippen LogP contribution in [0.25, 0.3) is 11.3 Å². The van der Waals surface area contributed by atoms with Crippen molar-refractivity contribution in [3.05, 3.63) is 35.2 Å². The number of amides is 1. The maximum absolute atomic E-state index is 12.8. The molecular weight excluding hydrogens is 343 g/mol. The van der Waals surface area contributed by atoms with Gasteiger partial charge in [-0.1, -0.05) is 12.1 Å². The summed E-state index contributed by atoms with van der Waals surface area (Å²) in [4.78, 5) is 16.3. The summed E-state index contributed by atoms with van der Waals surface area (Å²) in [7, 11) is 0. The first kappa shape index (κ1) is 16.9. The largest absolute Gasteiger partial charge is 0.416 e. The number of hydrogen-bond donors (Lipinski definition) is 2. The zero-order chi connectivity index (χ0) is 17.2. The number of alkyl halides is 3. The molecule has 1 aliphatic heterocycles. The molecule has 3 rings (SSSR count). The lowest BCUT2D eigenvalue weighted by atomic mass is 10.1. The van der Waals surface area contributed by atoms with Crippen molar-refractivity contribution in [1.29, 1.82) is 0 Å². The summed E-state index contributed by atoms with van der Waals surface area (Å²) < 4.78 is 43.5. The van der Waals surface area contributed by atoms with Crippen LogP contribution in [0.1, 0.15) is 5.56 Å². The predicted octanol–water partition coefficient (Wildman–Crippen LogP) is 2.76. The first-order valence-electron chi connectivity index (χ1n) is 7.18. The Morgan fingerprint density at radius 3 is 2.96 bits per heavy atom. The zero-order valence-electron chi connectivity index (χ0n) is 12.4. The molecule has 1 aromatic carbocycles. The minimum absolute atomic E-state index is 0.275. The van der Waals surface area contributed by atoms with E-state index in [0.717, 1.165) is 23.5 Å². The number of carbonyl (C=O) groups excluding carboxylic acids is 1. The first-order valence-corrected chi connectivity index (χ1v) is 8.06. The fourth-order valence-corrected chi connectivity index (χ4v) is 2.97. The van der Waals surface area contributed by atoms with Gasteiger partial charge in [0.05, 0.1) is 24.5 Å². The van der Waals surface area contributed by atoms with Crippen molar-refractivity contribution in [1.82, 2.24) is 10.3 Å². The quantitative estimate of drug-likeness (QED) is 0.887. The van der Waals surface area contributed by atoms with Gasteiger partial charge >= 0.3 is 6.18 Å². The second kappa shape index (κ2) is 6.88. The Morgan fingerprint density at radius 1 is 1.42 bits per heavy atom. The second-order valence-corrected chi connectivity index (χ2v) is 6.05. The zero-order valence-corrected chi connectivity index (χ0v) is 13.2. The molecule has 1 aliphatic rings. The number of carbonyl (C=O) groups is 1. The molecule has 2 heterocycles. The summed E-state index contributed by atoms with van der Waals surface area (Å²) in [6, 6.07) is 4.47. The topological polar surface area (TPSA) is 63.2 Å². The van der Waals surface area contributed by atoms with Crippen molar-refractivity contribution in [3.8, 4) is 11.3 Å². The third-order valence-electron chi connectivity index (χ3n) is 3.46. The molecule has 2 N–H and O–H groups in total. The van der Waals surface area contributed by atoms with Gasteiger partial charge in [-0.3, -0.25) is 4.79 Å². The van der Waals surface area contributed by atoms with Gasteiger partial charge in [0.25, 0.3) is 0 Å². The van der Waals surface area contributed by atoms with Crippen molar-refractivity contribution < 1.29 is 22.7 Å². The fraction of sp³-hybridized carbons (Fsp3) is 0.333. The number of benzene rings is 1. The summed E-state index contributed by atoms with van der Waals surface area (Å²) in [6.07, 6.45) is -4.41. The van der Waals surface area contributed by atoms with Gasteiger partial charge in [0.2, 0.25) is 5.91 Å². The number of aromatic nitrogens is 1. The predicted molar refractivity (Wildman–Crippen MR) is 83.8 cm³/mol. The fourth-order valence-electron chi connectivity index (χ4n) is 2.24. The highest BCUT2D eigenvalue weighted by molar-refractivity contribution is 7.14. The highest BCUT2D eigenvalue weighted by Gasteiger charge is 2.30. The van der Waals surface area contributed by atoms with Gasteiger partial charge in [-0.25, -0.2) is 4.98 Å². The third-order valence-corrected chi connectivity index (χ3v) is 4.22. The maximum Gasteiger partial charge on any atom is 0.416 e. The summed E-state index contributed by atoms with van der Waals surface area (Å²) >= 11 is 1.16. The molecule has 128 valence electrons. The van der Waals surface area contributed by atoms with E-state index < -0.39 is 17.8 Å². The van der Waals surface area contributed by atoms with E-state index in [1.807, 2.05) is 0 Å². The molecule has 0 saturated carbocycles. The standard InChI is InChI=1S/C15H14F3N3O2S/c16-15(17,18)10-3-1-2-9(6-10)12-8-24-14(20-12)21-13(22)11-7-23-5-4-19-11/h1-3,6,8,11,19H,4-5,7H2,(H,20,21,22). The molecule has 5 nitrogen and oxygen atoms in total. The van der Waals surface area contributed by atoms with Crippen LogP contribution in [0.15, 0.2) is 29.6 Å². The highest BCUT2D eigenvalue weighted by atomic mass is 32.1. The number of thiazole rings is 1. The van der Waals surface area contributed by atoms with Crippen molar-refractivity contribution in [3.63, 3.8) is 0 Å². The molecule has 1 unspecified atom stereocenters. The molecule has 24 heavy (non-hydrogen) atoms. The van der Waals surface area contributed by atoms with Crippen LogP contribution in [-0.2, 0) is 15.7 Å². The molecule has 0 aliphatic carbocycles. The average molecular weight is 357 g/mol. The van der Waals surface area contributed by atoms with Crippen LogP contribution in [0.3, 0.4) is 0 Å². The van der Waals surface area contributed by atoms with Crippen LogP contribution < -0.4 is 10.6 Å². The molecule has 2 aromatic rings. The average Bonchev–Trinajstić information content (AvgIpc) is 3.03. The second-order valence-electron chi connectivity index (χ2n) is 5.19. The highest BCUT2D eigenvalue weighted by Crippen LogP contribution is 2.33. The number of nitrogens with zero attached hydrogens (tertiary/aromatic N) is 1. The summed E-state index contributed by atoms with van der Waals surface area (Å²) in [5, 5.41) is 7.61. The van der Waals surface area contributed by atoms with Gasteiger partial charge in [0.1, 0.15) is 6.04 Å². The van der Waals surface area contributed by atoms with Crippen LogP contribution in [0.4, 0.5) is 18.3 Å². The Bertz CT molecular complexity index is 727. The number of nitrogens with one attached hydrogen (secondary N) is 2. The van der Waals surface area contributed by atoms with E-state index in [-0.39, 0.29) is 12.5 Å². The lowest BCUT2D eigenvalue weighted by molar-refractivity contribution is -0.137. The van der Waals surface area contributed by atoms with Crippen molar-refractivity contribution in [2.24, 2.45) is 0 Å². The Balaban J connectivity index is 1.72. The monoisotopic (exact) mass is 357 g/mol. The lowest BCUT2D eigenvalue weighted by Gasteiger charge is -2.22. The minimum Gasteiger partial charge on any atom is -0.378 e. The van der Waals surface area contributed by atoms with Gasteiger partial charge in [0.15, 0.2) is 5.13 Å². The first-order chi connectivity index (χ1) is 11.4. The molecule has 1 saturated heterocycles. The van der Waals surface area contributed by atoms with Gasteiger partial charge in [-0.05, 0) is 12.1 Å². The van der Waals surface area contributed by atoms with Gasteiger partial charge in [-0.2, -0.15) is 13.2 Å². The van der Waals surface area contributed by atoms with E-state index in [1.165, 1.54) is 6.07 Å². The van der Waals surface area contributed by atoms with Crippen molar-refractivity contribution in [2.75, 3.05) is 25.1 Å². The molecule has 1 aromatic heterocycles. The number of halogens is 3. The SMILES string of the molecule is O=C(Nc1nc(-c2cccc(C(F)(F)F)c2)cs1)C1COCCN1. The van der Waals surface area contributed by atoms with E-state index in [4.69, 9.17) is 4.74 Å². The van der Waals surface area contributed by atoms with Crippen LogP contribution in [0, 0.1) is 0 Å². The molecule has 1 fully saturated rings. The number of hydrogen-bond acceptors (Lipinski definition) is 5. The molecule has 1 amide bonds. The smallest absolute Gasteiger partial charge is 0.378 e. The number of rotatable bonds is 3. The lowest BCUT2D eigenvalue weighted by Crippen LogP contribution is -2.48. The van der Waals surface area contributed by atoms with Crippen LogP contribution in [0.2, 0.25) is 0 Å². The van der Waals surface area contributed by atoms with Crippen molar-refractivity contribution in [2.45, 2.75) is 12.2 Å². The Hall–Kier alpha value is -1.97. The molecule has 9 heteroatoms.